The van der Waals surface area contributed by atoms with Crippen LogP contribution in [0.4, 0.5) is 0 Å². The molecule has 1 aromatic rings. The number of phenols is 2. The van der Waals surface area contributed by atoms with Gasteiger partial charge in [0.1, 0.15) is 11.5 Å². The SMILES string of the molecule is COC(=O)C(C)(C)[C@@H](N)c1cc(O)cc(O)c1. The lowest BCUT2D eigenvalue weighted by atomic mass is 9.81. The average Bonchev–Trinajstić information content (AvgIpc) is 2.25. The van der Waals surface area contributed by atoms with Crippen molar-refractivity contribution in [2.75, 3.05) is 7.11 Å². The third kappa shape index (κ3) is 2.68. The Labute approximate surface area is 99.8 Å². The molecular weight excluding hydrogens is 222 g/mol. The number of ether oxygens (including phenoxy) is 1. The summed E-state index contributed by atoms with van der Waals surface area (Å²) in [5.41, 5.74) is 5.48. The average molecular weight is 239 g/mol. The Morgan fingerprint density at radius 2 is 1.76 bits per heavy atom. The Morgan fingerprint density at radius 3 is 2.18 bits per heavy atom. The fourth-order valence-electron chi connectivity index (χ4n) is 1.60. The Bertz CT molecular complexity index is 408. The number of hydrogen-bond donors (Lipinski definition) is 3. The van der Waals surface area contributed by atoms with Gasteiger partial charge in [0.05, 0.1) is 12.5 Å². The van der Waals surface area contributed by atoms with E-state index in [4.69, 9.17) is 5.73 Å². The van der Waals surface area contributed by atoms with Gasteiger partial charge >= 0.3 is 5.97 Å². The Kier molecular flexibility index (Phi) is 3.63. The lowest BCUT2D eigenvalue weighted by molar-refractivity contribution is -0.152. The maximum Gasteiger partial charge on any atom is 0.313 e. The number of carbonyl (C=O) groups excluding carboxylic acids is 1. The number of nitrogens with two attached hydrogens (primary N) is 1. The summed E-state index contributed by atoms with van der Waals surface area (Å²) in [5.74, 6) is -0.653. The van der Waals surface area contributed by atoms with Crippen molar-refractivity contribution in [1.82, 2.24) is 0 Å². The predicted molar refractivity (Wildman–Crippen MR) is 62.5 cm³/mol. The minimum absolute atomic E-state index is 0.101. The summed E-state index contributed by atoms with van der Waals surface area (Å²) in [6.45, 7) is 3.29. The maximum atomic E-state index is 11.6. The highest BCUT2D eigenvalue weighted by Crippen LogP contribution is 2.35. The molecule has 1 aromatic carbocycles. The summed E-state index contributed by atoms with van der Waals surface area (Å²) in [6.07, 6.45) is 0. The second-order valence-electron chi connectivity index (χ2n) is 4.47. The number of esters is 1. The van der Waals surface area contributed by atoms with Gasteiger partial charge in [0.25, 0.3) is 0 Å². The van der Waals surface area contributed by atoms with Crippen molar-refractivity contribution in [2.45, 2.75) is 19.9 Å². The molecule has 0 aliphatic carbocycles. The molecule has 0 aliphatic rings. The monoisotopic (exact) mass is 239 g/mol. The zero-order valence-corrected chi connectivity index (χ0v) is 10.1. The minimum atomic E-state index is -0.949. The molecule has 17 heavy (non-hydrogen) atoms. The Morgan fingerprint density at radius 1 is 1.29 bits per heavy atom. The first-order chi connectivity index (χ1) is 7.78. The number of aromatic hydroxyl groups is 2. The predicted octanol–water partition coefficient (Wildman–Crippen LogP) is 1.30. The van der Waals surface area contributed by atoms with Crippen LogP contribution in [0.3, 0.4) is 0 Å². The number of methoxy groups -OCH3 is 1. The van der Waals surface area contributed by atoms with Gasteiger partial charge < -0.3 is 20.7 Å². The van der Waals surface area contributed by atoms with Gasteiger partial charge in [-0.3, -0.25) is 4.79 Å². The van der Waals surface area contributed by atoms with E-state index in [9.17, 15) is 15.0 Å². The first kappa shape index (κ1) is 13.3. The molecular formula is C12H17NO4. The van der Waals surface area contributed by atoms with E-state index in [0.29, 0.717) is 5.56 Å². The molecule has 0 radical (unpaired) electrons. The van der Waals surface area contributed by atoms with Crippen molar-refractivity contribution in [2.24, 2.45) is 11.1 Å². The summed E-state index contributed by atoms with van der Waals surface area (Å²) in [6, 6.07) is 3.33. The second-order valence-corrected chi connectivity index (χ2v) is 4.47. The second kappa shape index (κ2) is 4.63. The van der Waals surface area contributed by atoms with Gasteiger partial charge in [-0.1, -0.05) is 0 Å². The van der Waals surface area contributed by atoms with E-state index in [1.165, 1.54) is 25.3 Å². The number of phenolic OH excluding ortho intramolecular Hbond substituents is 2. The highest BCUT2D eigenvalue weighted by Gasteiger charge is 2.36. The lowest BCUT2D eigenvalue weighted by Gasteiger charge is -2.29. The van der Waals surface area contributed by atoms with Gasteiger partial charge in [-0.25, -0.2) is 0 Å². The number of hydrogen-bond acceptors (Lipinski definition) is 5. The third-order valence-corrected chi connectivity index (χ3v) is 2.77. The van der Waals surface area contributed by atoms with Crippen molar-refractivity contribution in [3.8, 4) is 11.5 Å². The minimum Gasteiger partial charge on any atom is -0.508 e. The molecule has 1 atom stereocenters. The van der Waals surface area contributed by atoms with Gasteiger partial charge in [-0.2, -0.15) is 0 Å². The van der Waals surface area contributed by atoms with E-state index in [0.717, 1.165) is 0 Å². The van der Waals surface area contributed by atoms with Crippen molar-refractivity contribution in [1.29, 1.82) is 0 Å². The first-order valence-corrected chi connectivity index (χ1v) is 5.16. The molecule has 0 heterocycles. The van der Waals surface area contributed by atoms with Crippen molar-refractivity contribution in [3.05, 3.63) is 23.8 Å². The largest absolute Gasteiger partial charge is 0.508 e. The summed E-state index contributed by atoms with van der Waals surface area (Å²) < 4.78 is 4.67. The normalized spacial score (nSPS) is 13.2. The first-order valence-electron chi connectivity index (χ1n) is 5.16. The van der Waals surface area contributed by atoms with Crippen LogP contribution in [0, 0.1) is 5.41 Å². The lowest BCUT2D eigenvalue weighted by Crippen LogP contribution is -2.37. The molecule has 0 bridgehead atoms. The Hall–Kier alpha value is -1.75. The van der Waals surface area contributed by atoms with Crippen LogP contribution in [0.2, 0.25) is 0 Å². The van der Waals surface area contributed by atoms with Crippen LogP contribution in [0.25, 0.3) is 0 Å². The van der Waals surface area contributed by atoms with E-state index < -0.39 is 17.4 Å². The molecule has 0 amide bonds. The molecule has 1 rings (SSSR count). The van der Waals surface area contributed by atoms with Crippen LogP contribution in [0.15, 0.2) is 18.2 Å². The molecule has 0 saturated heterocycles. The van der Waals surface area contributed by atoms with Gasteiger partial charge in [-0.05, 0) is 31.5 Å². The van der Waals surface area contributed by atoms with Crippen molar-refractivity contribution < 1.29 is 19.7 Å². The molecule has 0 aromatic heterocycles. The molecule has 0 spiro atoms. The van der Waals surface area contributed by atoms with Crippen molar-refractivity contribution in [3.63, 3.8) is 0 Å². The van der Waals surface area contributed by atoms with Gasteiger partial charge in [0, 0.05) is 12.1 Å². The summed E-state index contributed by atoms with van der Waals surface area (Å²) in [4.78, 5) is 11.6. The highest BCUT2D eigenvalue weighted by atomic mass is 16.5. The number of carbonyl (C=O) groups is 1. The van der Waals surface area contributed by atoms with E-state index in [1.807, 2.05) is 0 Å². The van der Waals surface area contributed by atoms with Gasteiger partial charge in [-0.15, -0.1) is 0 Å². The fourth-order valence-corrected chi connectivity index (χ4v) is 1.60. The quantitative estimate of drug-likeness (QED) is 0.691. The molecule has 0 fully saturated rings. The highest BCUT2D eigenvalue weighted by molar-refractivity contribution is 5.77. The number of rotatable bonds is 3. The zero-order chi connectivity index (χ0) is 13.2. The molecule has 5 nitrogen and oxygen atoms in total. The van der Waals surface area contributed by atoms with Gasteiger partial charge in [0.2, 0.25) is 0 Å². The summed E-state index contributed by atoms with van der Waals surface area (Å²) in [5, 5.41) is 18.7. The summed E-state index contributed by atoms with van der Waals surface area (Å²) in [7, 11) is 1.29. The third-order valence-electron chi connectivity index (χ3n) is 2.77. The van der Waals surface area contributed by atoms with Crippen LogP contribution >= 0.6 is 0 Å². The van der Waals surface area contributed by atoms with E-state index in [1.54, 1.807) is 13.8 Å². The van der Waals surface area contributed by atoms with Crippen LogP contribution in [0.5, 0.6) is 11.5 Å². The van der Waals surface area contributed by atoms with Crippen LogP contribution < -0.4 is 5.73 Å². The number of benzene rings is 1. The Balaban J connectivity index is 3.11. The van der Waals surface area contributed by atoms with Crippen LogP contribution in [-0.4, -0.2) is 23.3 Å². The molecule has 5 heteroatoms. The summed E-state index contributed by atoms with van der Waals surface area (Å²) >= 11 is 0. The molecule has 0 saturated carbocycles. The molecule has 0 aliphatic heterocycles. The van der Waals surface area contributed by atoms with Crippen LogP contribution in [-0.2, 0) is 9.53 Å². The van der Waals surface area contributed by atoms with Gasteiger partial charge in [0.15, 0.2) is 0 Å². The van der Waals surface area contributed by atoms with Crippen molar-refractivity contribution >= 4 is 5.97 Å². The smallest absolute Gasteiger partial charge is 0.313 e. The topological polar surface area (TPSA) is 92.8 Å². The molecule has 4 N–H and O–H groups in total. The van der Waals surface area contributed by atoms with Crippen LogP contribution in [0.1, 0.15) is 25.5 Å². The maximum absolute atomic E-state index is 11.6. The van der Waals surface area contributed by atoms with E-state index in [-0.39, 0.29) is 11.5 Å². The molecule has 94 valence electrons. The molecule has 0 unspecified atom stereocenters. The van der Waals surface area contributed by atoms with E-state index in [2.05, 4.69) is 4.74 Å². The van der Waals surface area contributed by atoms with E-state index >= 15 is 0 Å². The fraction of sp³-hybridized carbons (Fsp3) is 0.417. The zero-order valence-electron chi connectivity index (χ0n) is 10.1. The standard InChI is InChI=1S/C12H17NO4/c1-12(2,11(16)17-3)10(13)7-4-8(14)6-9(15)5-7/h4-6,10,14-15H,13H2,1-3H3/t10-/m0/s1.